The van der Waals surface area contributed by atoms with Crippen LogP contribution in [0.3, 0.4) is 0 Å². The molecule has 0 bridgehead atoms. The van der Waals surface area contributed by atoms with Crippen LogP contribution in [-0.2, 0) is 4.74 Å². The molecule has 0 atom stereocenters. The fourth-order valence-electron chi connectivity index (χ4n) is 1.58. The van der Waals surface area contributed by atoms with Crippen molar-refractivity contribution in [3.05, 3.63) is 39.0 Å². The fraction of sp³-hybridized carbons (Fsp3) is 0.167. The Morgan fingerprint density at radius 1 is 1.50 bits per heavy atom. The second kappa shape index (κ2) is 5.12. The van der Waals surface area contributed by atoms with Crippen LogP contribution >= 0.6 is 27.5 Å². The molecule has 0 saturated carbocycles. The SMILES string of the molecule is COC(=O)c1c(-c2cc(Br)ccc2Cl)noc1C. The lowest BCUT2D eigenvalue weighted by Gasteiger charge is -2.03. The van der Waals surface area contributed by atoms with E-state index in [1.165, 1.54) is 7.11 Å². The van der Waals surface area contributed by atoms with Gasteiger partial charge in [0.2, 0.25) is 0 Å². The lowest BCUT2D eigenvalue weighted by atomic mass is 10.1. The van der Waals surface area contributed by atoms with Crippen LogP contribution in [0, 0.1) is 6.92 Å². The van der Waals surface area contributed by atoms with Gasteiger partial charge >= 0.3 is 5.97 Å². The maximum Gasteiger partial charge on any atom is 0.343 e. The number of carbonyl (C=O) groups is 1. The normalized spacial score (nSPS) is 10.4. The molecule has 1 aromatic carbocycles. The molecule has 2 rings (SSSR count). The van der Waals surface area contributed by atoms with Crippen LogP contribution in [0.1, 0.15) is 16.1 Å². The highest BCUT2D eigenvalue weighted by molar-refractivity contribution is 9.10. The maximum absolute atomic E-state index is 11.7. The number of aryl methyl sites for hydroxylation is 1. The van der Waals surface area contributed by atoms with Gasteiger partial charge in [0, 0.05) is 10.0 Å². The van der Waals surface area contributed by atoms with Crippen molar-refractivity contribution < 1.29 is 14.1 Å². The van der Waals surface area contributed by atoms with Crippen molar-refractivity contribution >= 4 is 33.5 Å². The standard InChI is InChI=1S/C12H9BrClNO3/c1-6-10(12(16)17-2)11(15-18-6)8-5-7(13)3-4-9(8)14/h3-5H,1-2H3. The third-order valence-electron chi connectivity index (χ3n) is 2.44. The monoisotopic (exact) mass is 329 g/mol. The number of benzene rings is 1. The summed E-state index contributed by atoms with van der Waals surface area (Å²) in [4.78, 5) is 11.7. The fourth-order valence-corrected chi connectivity index (χ4v) is 2.15. The molecule has 1 aromatic heterocycles. The van der Waals surface area contributed by atoms with E-state index in [2.05, 4.69) is 21.1 Å². The summed E-state index contributed by atoms with van der Waals surface area (Å²) >= 11 is 9.45. The van der Waals surface area contributed by atoms with Gasteiger partial charge in [-0.3, -0.25) is 0 Å². The number of carbonyl (C=O) groups excluding carboxylic acids is 1. The molecule has 0 spiro atoms. The lowest BCUT2D eigenvalue weighted by molar-refractivity contribution is 0.0599. The van der Waals surface area contributed by atoms with Crippen molar-refractivity contribution in [2.24, 2.45) is 0 Å². The second-order valence-electron chi connectivity index (χ2n) is 3.58. The Kier molecular flexibility index (Phi) is 3.73. The van der Waals surface area contributed by atoms with Gasteiger partial charge in [-0.1, -0.05) is 32.7 Å². The van der Waals surface area contributed by atoms with Gasteiger partial charge in [-0.2, -0.15) is 0 Å². The summed E-state index contributed by atoms with van der Waals surface area (Å²) in [5.74, 6) is -0.104. The topological polar surface area (TPSA) is 52.3 Å². The summed E-state index contributed by atoms with van der Waals surface area (Å²) in [7, 11) is 1.31. The number of methoxy groups -OCH3 is 1. The van der Waals surface area contributed by atoms with Crippen LogP contribution in [0.2, 0.25) is 5.02 Å². The molecular formula is C12H9BrClNO3. The summed E-state index contributed by atoms with van der Waals surface area (Å²) in [5, 5.41) is 4.36. The van der Waals surface area contributed by atoms with E-state index in [1.54, 1.807) is 25.1 Å². The number of nitrogens with zero attached hydrogens (tertiary/aromatic N) is 1. The molecule has 4 nitrogen and oxygen atoms in total. The van der Waals surface area contributed by atoms with Crippen LogP contribution < -0.4 is 0 Å². The summed E-state index contributed by atoms with van der Waals surface area (Å²) in [5.41, 5.74) is 1.28. The van der Waals surface area contributed by atoms with E-state index < -0.39 is 5.97 Å². The molecule has 0 unspecified atom stereocenters. The molecule has 0 amide bonds. The minimum Gasteiger partial charge on any atom is -0.465 e. The van der Waals surface area contributed by atoms with E-state index in [0.29, 0.717) is 22.0 Å². The third-order valence-corrected chi connectivity index (χ3v) is 3.26. The van der Waals surface area contributed by atoms with E-state index in [9.17, 15) is 4.79 Å². The van der Waals surface area contributed by atoms with Gasteiger partial charge in [0.1, 0.15) is 17.0 Å². The Bertz CT molecular complexity index is 609. The van der Waals surface area contributed by atoms with Crippen LogP contribution in [0.5, 0.6) is 0 Å². The quantitative estimate of drug-likeness (QED) is 0.785. The molecule has 0 aliphatic rings. The molecule has 0 aliphatic heterocycles. The first kappa shape index (κ1) is 13.1. The van der Waals surface area contributed by atoms with Gasteiger partial charge in [-0.25, -0.2) is 4.79 Å². The lowest BCUT2D eigenvalue weighted by Crippen LogP contribution is -2.03. The number of ether oxygens (including phenoxy) is 1. The first-order valence-corrected chi connectivity index (χ1v) is 6.21. The summed E-state index contributed by atoms with van der Waals surface area (Å²) < 4.78 is 10.6. The Labute approximate surface area is 117 Å². The van der Waals surface area contributed by atoms with Crippen molar-refractivity contribution in [2.45, 2.75) is 6.92 Å². The van der Waals surface area contributed by atoms with Gasteiger partial charge in [0.15, 0.2) is 0 Å². The van der Waals surface area contributed by atoms with Crippen molar-refractivity contribution in [3.8, 4) is 11.3 Å². The summed E-state index contributed by atoms with van der Waals surface area (Å²) in [6.45, 7) is 1.65. The van der Waals surface area contributed by atoms with E-state index in [-0.39, 0.29) is 5.56 Å². The zero-order valence-electron chi connectivity index (χ0n) is 9.66. The average molecular weight is 331 g/mol. The minimum absolute atomic E-state index is 0.289. The summed E-state index contributed by atoms with van der Waals surface area (Å²) in [6.07, 6.45) is 0. The largest absolute Gasteiger partial charge is 0.465 e. The number of hydrogen-bond donors (Lipinski definition) is 0. The predicted octanol–water partition coefficient (Wildman–Crippen LogP) is 3.85. The molecular weight excluding hydrogens is 321 g/mol. The zero-order valence-corrected chi connectivity index (χ0v) is 12.0. The molecule has 1 heterocycles. The van der Waals surface area contributed by atoms with Crippen molar-refractivity contribution in [1.82, 2.24) is 5.16 Å². The van der Waals surface area contributed by atoms with Crippen LogP contribution in [0.15, 0.2) is 27.2 Å². The Balaban J connectivity index is 2.64. The first-order valence-electron chi connectivity index (χ1n) is 5.04. The molecule has 94 valence electrons. The van der Waals surface area contributed by atoms with E-state index in [0.717, 1.165) is 4.47 Å². The molecule has 0 N–H and O–H groups in total. The predicted molar refractivity (Wildman–Crippen MR) is 70.7 cm³/mol. The smallest absolute Gasteiger partial charge is 0.343 e. The molecule has 2 aromatic rings. The number of rotatable bonds is 2. The Hall–Kier alpha value is -1.33. The van der Waals surface area contributed by atoms with Gasteiger partial charge in [0.25, 0.3) is 0 Å². The van der Waals surface area contributed by atoms with Crippen molar-refractivity contribution in [1.29, 1.82) is 0 Å². The van der Waals surface area contributed by atoms with Crippen molar-refractivity contribution in [3.63, 3.8) is 0 Å². The molecule has 0 saturated heterocycles. The van der Waals surface area contributed by atoms with E-state index >= 15 is 0 Å². The molecule has 18 heavy (non-hydrogen) atoms. The second-order valence-corrected chi connectivity index (χ2v) is 4.90. The molecule has 0 fully saturated rings. The number of esters is 1. The van der Waals surface area contributed by atoms with Crippen molar-refractivity contribution in [2.75, 3.05) is 7.11 Å². The Morgan fingerprint density at radius 3 is 2.89 bits per heavy atom. The van der Waals surface area contributed by atoms with Gasteiger partial charge < -0.3 is 9.26 Å². The Morgan fingerprint density at radius 2 is 2.22 bits per heavy atom. The van der Waals surface area contributed by atoms with Crippen LogP contribution in [0.25, 0.3) is 11.3 Å². The first-order chi connectivity index (χ1) is 8.54. The average Bonchev–Trinajstić information content (AvgIpc) is 2.73. The molecule has 0 radical (unpaired) electrons. The highest BCUT2D eigenvalue weighted by Crippen LogP contribution is 2.33. The maximum atomic E-state index is 11.7. The van der Waals surface area contributed by atoms with Crippen LogP contribution in [-0.4, -0.2) is 18.2 Å². The third kappa shape index (κ3) is 2.28. The number of hydrogen-bond acceptors (Lipinski definition) is 4. The highest BCUT2D eigenvalue weighted by atomic mass is 79.9. The number of aromatic nitrogens is 1. The van der Waals surface area contributed by atoms with Crippen LogP contribution in [0.4, 0.5) is 0 Å². The zero-order chi connectivity index (χ0) is 13.3. The molecule has 6 heteroatoms. The number of halogens is 2. The minimum atomic E-state index is -0.500. The molecule has 0 aliphatic carbocycles. The van der Waals surface area contributed by atoms with Gasteiger partial charge in [0.05, 0.1) is 12.1 Å². The van der Waals surface area contributed by atoms with E-state index in [1.807, 2.05) is 0 Å². The van der Waals surface area contributed by atoms with Gasteiger partial charge in [-0.15, -0.1) is 0 Å². The van der Waals surface area contributed by atoms with E-state index in [4.69, 9.17) is 20.9 Å². The van der Waals surface area contributed by atoms with Gasteiger partial charge in [-0.05, 0) is 25.1 Å². The highest BCUT2D eigenvalue weighted by Gasteiger charge is 2.23. The summed E-state index contributed by atoms with van der Waals surface area (Å²) in [6, 6.07) is 5.29.